The van der Waals surface area contributed by atoms with Gasteiger partial charge in [-0.3, -0.25) is 0 Å². The van der Waals surface area contributed by atoms with Crippen molar-refractivity contribution in [3.8, 4) is 22.3 Å². The fourth-order valence-corrected chi connectivity index (χ4v) is 11.4. The lowest BCUT2D eigenvalue weighted by atomic mass is 9.97. The Kier molecular flexibility index (Phi) is 6.49. The molecule has 6 rings (SSSR count). The predicted octanol–water partition coefficient (Wildman–Crippen LogP) is 10.5. The largest absolute Gasteiger partial charge is 0.109 e. The topological polar surface area (TPSA) is 0 Å². The lowest BCUT2D eigenvalue weighted by Gasteiger charge is -2.33. The molecule has 4 aromatic carbocycles. The van der Waals surface area contributed by atoms with Gasteiger partial charge in [0, 0.05) is 10.0 Å². The summed E-state index contributed by atoms with van der Waals surface area (Å²) >= 11 is 12.4. The zero-order valence-electron chi connectivity index (χ0n) is 21.3. The fourth-order valence-electron chi connectivity index (χ4n) is 6.48. The van der Waals surface area contributed by atoms with E-state index in [1.54, 1.807) is 10.4 Å². The van der Waals surface area contributed by atoms with Crippen LogP contribution < -0.4 is 0 Å². The van der Waals surface area contributed by atoms with Crippen LogP contribution in [0.4, 0.5) is 0 Å². The molecule has 0 saturated heterocycles. The van der Waals surface area contributed by atoms with Crippen LogP contribution in [0.1, 0.15) is 36.1 Å². The molecule has 0 radical (unpaired) electrons. The van der Waals surface area contributed by atoms with Crippen LogP contribution in [0.2, 0.25) is 22.1 Å². The monoisotopic (exact) mass is 536 g/mol. The smallest absolute Gasteiger partial charge is 0.0843 e. The molecule has 0 spiro atoms. The third kappa shape index (κ3) is 4.24. The first-order valence-corrected chi connectivity index (χ1v) is 16.4. The zero-order chi connectivity index (χ0) is 25.6. The number of halogens is 2. The Balaban J connectivity index is 1.42. The maximum absolute atomic E-state index is 6.19. The first kappa shape index (κ1) is 24.5. The molecule has 37 heavy (non-hydrogen) atoms. The minimum atomic E-state index is -1.86. The molecule has 0 atom stereocenters. The van der Waals surface area contributed by atoms with Gasteiger partial charge < -0.3 is 0 Å². The van der Waals surface area contributed by atoms with Gasteiger partial charge in [-0.15, -0.1) is 0 Å². The van der Waals surface area contributed by atoms with Gasteiger partial charge in [-0.1, -0.05) is 132 Å². The van der Waals surface area contributed by atoms with Gasteiger partial charge in [-0.25, -0.2) is 0 Å². The van der Waals surface area contributed by atoms with Crippen molar-refractivity contribution in [3.05, 3.63) is 128 Å². The Labute approximate surface area is 231 Å². The van der Waals surface area contributed by atoms with Crippen molar-refractivity contribution in [1.29, 1.82) is 0 Å². The van der Waals surface area contributed by atoms with Crippen molar-refractivity contribution in [1.82, 2.24) is 0 Å². The second-order valence-electron chi connectivity index (χ2n) is 10.3. The van der Waals surface area contributed by atoms with Crippen LogP contribution in [0.25, 0.3) is 34.4 Å². The van der Waals surface area contributed by atoms with Gasteiger partial charge in [-0.05, 0) is 81.6 Å². The molecule has 4 aromatic rings. The number of rotatable bonds is 6. The van der Waals surface area contributed by atoms with Gasteiger partial charge in [0.15, 0.2) is 0 Å². The highest BCUT2D eigenvalue weighted by atomic mass is 35.5. The standard InChI is InChI=1S/C34H30Cl2Si/c1-3-37(4-2,29-19-25-7-5-9-31(33(25)21-29)23-11-15-27(35)16-12-23)30-20-26-8-6-10-32(34(26)22-30)24-13-17-28(36)18-14-24/h5-18,21-22H,3-4,19-20H2,1-2H3. The Morgan fingerprint density at radius 3 is 1.35 bits per heavy atom. The Morgan fingerprint density at radius 1 is 0.568 bits per heavy atom. The molecule has 3 heteroatoms. The Morgan fingerprint density at radius 2 is 0.973 bits per heavy atom. The molecule has 0 heterocycles. The summed E-state index contributed by atoms with van der Waals surface area (Å²) in [5.41, 5.74) is 10.8. The molecular formula is C34H30Cl2Si. The number of benzene rings is 4. The lowest BCUT2D eigenvalue weighted by molar-refractivity contribution is 1.15. The Hall–Kier alpha value is -2.84. The quantitative estimate of drug-likeness (QED) is 0.215. The van der Waals surface area contributed by atoms with Crippen LogP contribution in [-0.4, -0.2) is 8.07 Å². The first-order valence-electron chi connectivity index (χ1n) is 13.2. The van der Waals surface area contributed by atoms with Gasteiger partial charge in [0.1, 0.15) is 8.07 Å². The highest BCUT2D eigenvalue weighted by Gasteiger charge is 2.41. The number of hydrogen-bond acceptors (Lipinski definition) is 0. The summed E-state index contributed by atoms with van der Waals surface area (Å²) in [5.74, 6) is 0. The fraction of sp³-hybridized carbons (Fsp3) is 0.176. The summed E-state index contributed by atoms with van der Waals surface area (Å²) in [5, 5.41) is 4.92. The molecule has 0 N–H and O–H groups in total. The van der Waals surface area contributed by atoms with Gasteiger partial charge in [0.25, 0.3) is 0 Å². The summed E-state index contributed by atoms with van der Waals surface area (Å²) in [6, 6.07) is 32.6. The zero-order valence-corrected chi connectivity index (χ0v) is 23.8. The lowest BCUT2D eigenvalue weighted by Crippen LogP contribution is -2.39. The van der Waals surface area contributed by atoms with Crippen molar-refractivity contribution in [2.45, 2.75) is 38.8 Å². The highest BCUT2D eigenvalue weighted by molar-refractivity contribution is 6.94. The third-order valence-electron chi connectivity index (χ3n) is 8.54. The summed E-state index contributed by atoms with van der Waals surface area (Å²) in [6.45, 7) is 4.84. The van der Waals surface area contributed by atoms with Crippen LogP contribution in [0.5, 0.6) is 0 Å². The van der Waals surface area contributed by atoms with Crippen LogP contribution in [0, 0.1) is 0 Å². The van der Waals surface area contributed by atoms with E-state index in [1.807, 2.05) is 24.3 Å². The van der Waals surface area contributed by atoms with E-state index in [9.17, 15) is 0 Å². The molecule has 0 aliphatic heterocycles. The maximum Gasteiger partial charge on any atom is 0.109 e. The van der Waals surface area contributed by atoms with E-state index in [1.165, 1.54) is 56.6 Å². The summed E-state index contributed by atoms with van der Waals surface area (Å²) in [6.07, 6.45) is 7.26. The highest BCUT2D eigenvalue weighted by Crippen LogP contribution is 2.46. The molecular weight excluding hydrogens is 507 g/mol. The van der Waals surface area contributed by atoms with E-state index in [-0.39, 0.29) is 0 Å². The molecule has 0 saturated carbocycles. The van der Waals surface area contributed by atoms with E-state index in [4.69, 9.17) is 23.2 Å². The van der Waals surface area contributed by atoms with Crippen molar-refractivity contribution in [2.75, 3.05) is 0 Å². The number of hydrogen-bond donors (Lipinski definition) is 0. The van der Waals surface area contributed by atoms with E-state index in [2.05, 4.69) is 86.7 Å². The third-order valence-corrected chi connectivity index (χ3v) is 14.6. The Bertz CT molecular complexity index is 1420. The van der Waals surface area contributed by atoms with Gasteiger partial charge in [0.2, 0.25) is 0 Å². The number of allylic oxidation sites excluding steroid dienone is 2. The second kappa shape index (κ2) is 9.80. The molecule has 0 bridgehead atoms. The van der Waals surface area contributed by atoms with Crippen LogP contribution in [0.3, 0.4) is 0 Å². The van der Waals surface area contributed by atoms with Gasteiger partial charge in [0.05, 0.1) is 0 Å². The van der Waals surface area contributed by atoms with Crippen molar-refractivity contribution >= 4 is 43.4 Å². The van der Waals surface area contributed by atoms with Crippen molar-refractivity contribution in [3.63, 3.8) is 0 Å². The van der Waals surface area contributed by atoms with E-state index >= 15 is 0 Å². The molecule has 0 nitrogen and oxygen atoms in total. The molecule has 184 valence electrons. The van der Waals surface area contributed by atoms with E-state index < -0.39 is 8.07 Å². The van der Waals surface area contributed by atoms with E-state index in [0.29, 0.717) is 0 Å². The van der Waals surface area contributed by atoms with Gasteiger partial charge in [-0.2, -0.15) is 0 Å². The van der Waals surface area contributed by atoms with Crippen LogP contribution in [-0.2, 0) is 12.8 Å². The normalized spacial score (nSPS) is 14.3. The summed E-state index contributed by atoms with van der Waals surface area (Å²) in [7, 11) is -1.86. The second-order valence-corrected chi connectivity index (χ2v) is 16.0. The van der Waals surface area contributed by atoms with Crippen molar-refractivity contribution < 1.29 is 0 Å². The molecule has 0 aromatic heterocycles. The summed E-state index contributed by atoms with van der Waals surface area (Å²) in [4.78, 5) is 0. The molecule has 2 aliphatic rings. The van der Waals surface area contributed by atoms with Crippen LogP contribution in [0.15, 0.2) is 95.3 Å². The summed E-state index contributed by atoms with van der Waals surface area (Å²) < 4.78 is 0. The predicted molar refractivity (Wildman–Crippen MR) is 164 cm³/mol. The average Bonchev–Trinajstić information content (AvgIpc) is 3.56. The minimum absolute atomic E-state index is 0.779. The average molecular weight is 538 g/mol. The van der Waals surface area contributed by atoms with Crippen molar-refractivity contribution in [2.24, 2.45) is 0 Å². The first-order chi connectivity index (χ1) is 18.0. The molecule has 0 unspecified atom stereocenters. The number of fused-ring (bicyclic) bond motifs is 2. The van der Waals surface area contributed by atoms with E-state index in [0.717, 1.165) is 22.9 Å². The minimum Gasteiger partial charge on any atom is -0.0843 e. The molecule has 0 amide bonds. The maximum atomic E-state index is 6.19. The van der Waals surface area contributed by atoms with Gasteiger partial charge >= 0.3 is 0 Å². The van der Waals surface area contributed by atoms with Crippen LogP contribution >= 0.6 is 23.2 Å². The molecule has 0 fully saturated rings. The molecule has 2 aliphatic carbocycles. The SMILES string of the molecule is CC[Si](CC)(C1=Cc2c(cccc2-c2ccc(Cl)cc2)C1)C1=Cc2c(cccc2-c2ccc(Cl)cc2)C1.